The highest BCUT2D eigenvalue weighted by atomic mass is 16.6. The minimum atomic E-state index is -0.494. The molecule has 1 aliphatic rings. The first-order chi connectivity index (χ1) is 8.58. The van der Waals surface area contributed by atoms with Gasteiger partial charge in [0.05, 0.1) is 12.6 Å². The predicted molar refractivity (Wildman–Crippen MR) is 67.6 cm³/mol. The van der Waals surface area contributed by atoms with Crippen molar-refractivity contribution in [1.82, 2.24) is 4.90 Å². The van der Waals surface area contributed by atoms with E-state index in [-0.39, 0.29) is 12.0 Å². The topological polar surface area (TPSA) is 64.8 Å². The van der Waals surface area contributed by atoms with Gasteiger partial charge >= 0.3 is 0 Å². The van der Waals surface area contributed by atoms with Crippen LogP contribution in [0.5, 0.6) is 11.5 Å². The molecule has 0 unspecified atom stereocenters. The summed E-state index contributed by atoms with van der Waals surface area (Å²) in [6.07, 6.45) is -0.160. The van der Waals surface area contributed by atoms with Crippen molar-refractivity contribution in [3.8, 4) is 11.5 Å². The van der Waals surface area contributed by atoms with E-state index < -0.39 is 6.04 Å². The van der Waals surface area contributed by atoms with Crippen LogP contribution in [0, 0.1) is 0 Å². The van der Waals surface area contributed by atoms with Gasteiger partial charge in [0, 0.05) is 7.05 Å². The molecule has 18 heavy (non-hydrogen) atoms. The van der Waals surface area contributed by atoms with Gasteiger partial charge in [-0.15, -0.1) is 0 Å². The SMILES string of the molecule is C[C@H](N)C(=O)N(C)C[C@@H]1COc2ccccc2O1. The minimum Gasteiger partial charge on any atom is -0.486 e. The van der Waals surface area contributed by atoms with Gasteiger partial charge in [-0.05, 0) is 19.1 Å². The summed E-state index contributed by atoms with van der Waals surface area (Å²) < 4.78 is 11.4. The molecular formula is C13H18N2O3. The molecule has 0 bridgehead atoms. The van der Waals surface area contributed by atoms with Crippen LogP contribution in [0.15, 0.2) is 24.3 Å². The van der Waals surface area contributed by atoms with Crippen molar-refractivity contribution < 1.29 is 14.3 Å². The quantitative estimate of drug-likeness (QED) is 0.854. The molecule has 0 aromatic heterocycles. The highest BCUT2D eigenvalue weighted by Gasteiger charge is 2.24. The van der Waals surface area contributed by atoms with Gasteiger partial charge in [-0.3, -0.25) is 4.79 Å². The fourth-order valence-corrected chi connectivity index (χ4v) is 1.90. The second-order valence-electron chi connectivity index (χ2n) is 4.51. The molecule has 0 saturated heterocycles. The molecule has 1 aromatic carbocycles. The molecule has 1 heterocycles. The van der Waals surface area contributed by atoms with Crippen LogP contribution in [0.3, 0.4) is 0 Å². The van der Waals surface area contributed by atoms with E-state index in [2.05, 4.69) is 0 Å². The summed E-state index contributed by atoms with van der Waals surface area (Å²) in [4.78, 5) is 13.2. The van der Waals surface area contributed by atoms with Crippen LogP contribution in [-0.2, 0) is 4.79 Å². The van der Waals surface area contributed by atoms with Crippen LogP contribution in [-0.4, -0.2) is 43.2 Å². The third-order valence-electron chi connectivity index (χ3n) is 2.81. The highest BCUT2D eigenvalue weighted by molar-refractivity contribution is 5.80. The highest BCUT2D eigenvalue weighted by Crippen LogP contribution is 2.30. The van der Waals surface area contributed by atoms with Crippen molar-refractivity contribution >= 4 is 5.91 Å². The van der Waals surface area contributed by atoms with Crippen molar-refractivity contribution in [3.05, 3.63) is 24.3 Å². The van der Waals surface area contributed by atoms with E-state index in [1.807, 2.05) is 24.3 Å². The molecule has 2 atom stereocenters. The first kappa shape index (κ1) is 12.7. The Bertz CT molecular complexity index is 434. The Labute approximate surface area is 106 Å². The normalized spacial score (nSPS) is 19.2. The van der Waals surface area contributed by atoms with E-state index in [0.29, 0.717) is 13.2 Å². The summed E-state index contributed by atoms with van der Waals surface area (Å²) in [6.45, 7) is 2.58. The van der Waals surface area contributed by atoms with E-state index in [1.54, 1.807) is 18.9 Å². The lowest BCUT2D eigenvalue weighted by atomic mass is 10.2. The fourth-order valence-electron chi connectivity index (χ4n) is 1.90. The lowest BCUT2D eigenvalue weighted by Crippen LogP contribution is -2.46. The number of hydrogen-bond donors (Lipinski definition) is 1. The lowest BCUT2D eigenvalue weighted by molar-refractivity contribution is -0.132. The van der Waals surface area contributed by atoms with Gasteiger partial charge in [-0.1, -0.05) is 12.1 Å². The number of fused-ring (bicyclic) bond motifs is 1. The van der Waals surface area contributed by atoms with Crippen molar-refractivity contribution in [3.63, 3.8) is 0 Å². The number of nitrogens with two attached hydrogens (primary N) is 1. The van der Waals surface area contributed by atoms with Gasteiger partial charge in [0.15, 0.2) is 17.6 Å². The zero-order valence-electron chi connectivity index (χ0n) is 10.6. The zero-order valence-corrected chi connectivity index (χ0v) is 10.6. The molecular weight excluding hydrogens is 232 g/mol. The van der Waals surface area contributed by atoms with Crippen molar-refractivity contribution in [1.29, 1.82) is 0 Å². The summed E-state index contributed by atoms with van der Waals surface area (Å²) in [7, 11) is 1.72. The number of amides is 1. The van der Waals surface area contributed by atoms with Crippen LogP contribution in [0.25, 0.3) is 0 Å². The van der Waals surface area contributed by atoms with Crippen LogP contribution >= 0.6 is 0 Å². The summed E-state index contributed by atoms with van der Waals surface area (Å²) in [5.41, 5.74) is 5.56. The molecule has 0 radical (unpaired) electrons. The maximum Gasteiger partial charge on any atom is 0.239 e. The van der Waals surface area contributed by atoms with Gasteiger partial charge in [-0.2, -0.15) is 0 Å². The molecule has 5 heteroatoms. The standard InChI is InChI=1S/C13H18N2O3/c1-9(14)13(16)15(2)7-10-8-17-11-5-3-4-6-12(11)18-10/h3-6,9-10H,7-8,14H2,1-2H3/t9-,10+/m0/s1. The molecule has 0 fully saturated rings. The summed E-state index contributed by atoms with van der Waals surface area (Å²) in [6, 6.07) is 7.01. The van der Waals surface area contributed by atoms with E-state index in [9.17, 15) is 4.79 Å². The first-order valence-electron chi connectivity index (χ1n) is 5.97. The Balaban J connectivity index is 1.96. The molecule has 5 nitrogen and oxygen atoms in total. The Kier molecular flexibility index (Phi) is 3.72. The molecule has 2 N–H and O–H groups in total. The number of benzene rings is 1. The Morgan fingerprint density at radius 1 is 1.50 bits per heavy atom. The average Bonchev–Trinajstić information content (AvgIpc) is 2.37. The van der Waals surface area contributed by atoms with Gasteiger partial charge < -0.3 is 20.1 Å². The molecule has 0 spiro atoms. The molecule has 0 aliphatic carbocycles. The Morgan fingerprint density at radius 3 is 2.83 bits per heavy atom. The van der Waals surface area contributed by atoms with Crippen LogP contribution < -0.4 is 15.2 Å². The second-order valence-corrected chi connectivity index (χ2v) is 4.51. The van der Waals surface area contributed by atoms with Crippen LogP contribution in [0.4, 0.5) is 0 Å². The average molecular weight is 250 g/mol. The third kappa shape index (κ3) is 2.73. The van der Waals surface area contributed by atoms with E-state index in [1.165, 1.54) is 0 Å². The number of ether oxygens (including phenoxy) is 2. The van der Waals surface area contributed by atoms with E-state index in [0.717, 1.165) is 11.5 Å². The Hall–Kier alpha value is -1.75. The predicted octanol–water partition coefficient (Wildman–Crippen LogP) is 0.632. The van der Waals surface area contributed by atoms with Crippen molar-refractivity contribution in [2.45, 2.75) is 19.1 Å². The smallest absolute Gasteiger partial charge is 0.239 e. The number of nitrogens with zero attached hydrogens (tertiary/aromatic N) is 1. The molecule has 1 amide bonds. The Morgan fingerprint density at radius 2 is 2.17 bits per heavy atom. The number of hydrogen-bond acceptors (Lipinski definition) is 4. The maximum atomic E-state index is 11.7. The van der Waals surface area contributed by atoms with E-state index >= 15 is 0 Å². The fraction of sp³-hybridized carbons (Fsp3) is 0.462. The van der Waals surface area contributed by atoms with Gasteiger partial charge in [-0.25, -0.2) is 0 Å². The van der Waals surface area contributed by atoms with Gasteiger partial charge in [0.1, 0.15) is 6.61 Å². The molecule has 98 valence electrons. The first-order valence-corrected chi connectivity index (χ1v) is 5.97. The zero-order chi connectivity index (χ0) is 13.1. The second kappa shape index (κ2) is 5.27. The third-order valence-corrected chi connectivity index (χ3v) is 2.81. The minimum absolute atomic E-state index is 0.0996. The number of para-hydroxylation sites is 2. The number of carbonyl (C=O) groups is 1. The molecule has 1 aromatic rings. The van der Waals surface area contributed by atoms with Crippen LogP contribution in [0.1, 0.15) is 6.92 Å². The maximum absolute atomic E-state index is 11.7. The molecule has 1 aliphatic heterocycles. The largest absolute Gasteiger partial charge is 0.486 e. The van der Waals surface area contributed by atoms with Gasteiger partial charge in [0.2, 0.25) is 5.91 Å². The number of rotatable bonds is 3. The number of likely N-dealkylation sites (N-methyl/N-ethyl adjacent to an activating group) is 1. The number of carbonyl (C=O) groups excluding carboxylic acids is 1. The van der Waals surface area contributed by atoms with Crippen molar-refractivity contribution in [2.75, 3.05) is 20.2 Å². The monoisotopic (exact) mass is 250 g/mol. The summed E-state index contributed by atoms with van der Waals surface area (Å²) in [5.74, 6) is 1.36. The molecule has 2 rings (SSSR count). The lowest BCUT2D eigenvalue weighted by Gasteiger charge is -2.30. The van der Waals surface area contributed by atoms with E-state index in [4.69, 9.17) is 15.2 Å². The van der Waals surface area contributed by atoms with Crippen LogP contribution in [0.2, 0.25) is 0 Å². The molecule has 0 saturated carbocycles. The summed E-state index contributed by atoms with van der Waals surface area (Å²) >= 11 is 0. The van der Waals surface area contributed by atoms with Crippen molar-refractivity contribution in [2.24, 2.45) is 5.73 Å². The van der Waals surface area contributed by atoms with Gasteiger partial charge in [0.25, 0.3) is 0 Å². The summed E-state index contributed by atoms with van der Waals surface area (Å²) in [5, 5.41) is 0.